The number of likely N-dealkylation sites (tertiary alicyclic amines) is 1. The number of fused-ring (bicyclic) bond motifs is 1. The van der Waals surface area contributed by atoms with Crippen LogP contribution in [0, 0.1) is 11.3 Å². The summed E-state index contributed by atoms with van der Waals surface area (Å²) in [6, 6.07) is 1.32. The fraction of sp³-hybridized carbons (Fsp3) is 0.571. The molecule has 2 N–H and O–H groups in total. The van der Waals surface area contributed by atoms with Crippen molar-refractivity contribution in [1.29, 1.82) is 0 Å². The van der Waals surface area contributed by atoms with E-state index in [4.69, 9.17) is 4.74 Å². The van der Waals surface area contributed by atoms with Gasteiger partial charge in [-0.25, -0.2) is 13.1 Å². The van der Waals surface area contributed by atoms with E-state index in [0.717, 1.165) is 11.3 Å². The van der Waals surface area contributed by atoms with Crippen molar-refractivity contribution in [3.8, 4) is 0 Å². The number of carbonyl (C=O) groups excluding carboxylic acids is 1. The molecule has 0 radical (unpaired) electrons. The van der Waals surface area contributed by atoms with Gasteiger partial charge in [0.25, 0.3) is 5.91 Å². The molecule has 1 aromatic rings. The fourth-order valence-corrected chi connectivity index (χ4v) is 5.27. The summed E-state index contributed by atoms with van der Waals surface area (Å²) in [4.78, 5) is 26.2. The molecule has 2 saturated heterocycles. The van der Waals surface area contributed by atoms with E-state index < -0.39 is 21.4 Å². The van der Waals surface area contributed by atoms with Crippen LogP contribution in [0.2, 0.25) is 0 Å². The van der Waals surface area contributed by atoms with Crippen LogP contribution in [0.3, 0.4) is 0 Å². The van der Waals surface area contributed by atoms with E-state index in [9.17, 15) is 23.1 Å². The predicted molar refractivity (Wildman–Crippen MR) is 85.5 cm³/mol. The molecule has 24 heavy (non-hydrogen) atoms. The third-order valence-electron chi connectivity index (χ3n) is 4.79. The molecule has 0 saturated carbocycles. The molecule has 8 nitrogen and oxygen atoms in total. The van der Waals surface area contributed by atoms with Gasteiger partial charge in [0.2, 0.25) is 10.0 Å². The smallest absolute Gasteiger partial charge is 0.311 e. The summed E-state index contributed by atoms with van der Waals surface area (Å²) in [6.07, 6.45) is 0.376. The van der Waals surface area contributed by atoms with E-state index in [-0.39, 0.29) is 28.1 Å². The molecule has 3 rings (SSSR count). The lowest BCUT2D eigenvalue weighted by atomic mass is 9.74. The maximum atomic E-state index is 12.7. The number of nitrogens with one attached hydrogen (secondary N) is 1. The summed E-state index contributed by atoms with van der Waals surface area (Å²) in [7, 11) is -2.30. The molecular weight excluding hydrogens is 356 g/mol. The van der Waals surface area contributed by atoms with Gasteiger partial charge in [-0.1, -0.05) is 0 Å². The average molecular weight is 374 g/mol. The molecule has 2 aliphatic heterocycles. The number of aliphatic carboxylic acids is 1. The largest absolute Gasteiger partial charge is 0.481 e. The second-order valence-corrected chi connectivity index (χ2v) is 8.82. The van der Waals surface area contributed by atoms with E-state index in [1.165, 1.54) is 23.4 Å². The van der Waals surface area contributed by atoms with Crippen LogP contribution in [0.4, 0.5) is 0 Å². The zero-order valence-corrected chi connectivity index (χ0v) is 14.7. The summed E-state index contributed by atoms with van der Waals surface area (Å²) in [5, 5.41) is 11.0. The summed E-state index contributed by atoms with van der Waals surface area (Å²) >= 11 is 1.04. The van der Waals surface area contributed by atoms with Gasteiger partial charge in [-0.3, -0.25) is 9.59 Å². The zero-order chi connectivity index (χ0) is 17.5. The van der Waals surface area contributed by atoms with Gasteiger partial charge in [0, 0.05) is 31.0 Å². The first-order valence-electron chi connectivity index (χ1n) is 7.42. The number of rotatable bonds is 4. The van der Waals surface area contributed by atoms with Gasteiger partial charge in [-0.05, 0) is 19.5 Å². The summed E-state index contributed by atoms with van der Waals surface area (Å²) in [5.41, 5.74) is -0.967. The van der Waals surface area contributed by atoms with Crippen LogP contribution >= 0.6 is 11.3 Å². The lowest BCUT2D eigenvalue weighted by molar-refractivity contribution is -0.157. The van der Waals surface area contributed by atoms with Gasteiger partial charge in [0.1, 0.15) is 0 Å². The summed E-state index contributed by atoms with van der Waals surface area (Å²) in [6.45, 7) is 1.12. The highest BCUT2D eigenvalue weighted by Crippen LogP contribution is 2.43. The number of carbonyl (C=O) groups is 2. The molecular formula is C14H18N2O6S2. The van der Waals surface area contributed by atoms with Crippen molar-refractivity contribution in [2.45, 2.75) is 11.3 Å². The molecule has 1 amide bonds. The number of ether oxygens (including phenoxy) is 1. The lowest BCUT2D eigenvalue weighted by Crippen LogP contribution is -2.45. The number of nitrogens with zero attached hydrogens (tertiary/aromatic N) is 1. The van der Waals surface area contributed by atoms with Gasteiger partial charge < -0.3 is 14.7 Å². The maximum Gasteiger partial charge on any atom is 0.311 e. The van der Waals surface area contributed by atoms with Crippen molar-refractivity contribution in [3.63, 3.8) is 0 Å². The van der Waals surface area contributed by atoms with Gasteiger partial charge in [-0.15, -0.1) is 11.3 Å². The Hall–Kier alpha value is -1.49. The third kappa shape index (κ3) is 2.73. The first-order valence-corrected chi connectivity index (χ1v) is 9.79. The minimum Gasteiger partial charge on any atom is -0.481 e. The number of hydrogen-bond acceptors (Lipinski definition) is 6. The highest BCUT2D eigenvalue weighted by Gasteiger charge is 2.55. The van der Waals surface area contributed by atoms with Gasteiger partial charge in [0.05, 0.1) is 21.8 Å². The van der Waals surface area contributed by atoms with Crippen molar-refractivity contribution in [2.75, 3.05) is 33.4 Å². The predicted octanol–water partition coefficient (Wildman–Crippen LogP) is 0.220. The Morgan fingerprint density at radius 2 is 2.25 bits per heavy atom. The summed E-state index contributed by atoms with van der Waals surface area (Å²) < 4.78 is 31.1. The van der Waals surface area contributed by atoms with Crippen LogP contribution in [0.1, 0.15) is 16.1 Å². The second-order valence-electron chi connectivity index (χ2n) is 6.02. The minimum absolute atomic E-state index is 0.0336. The van der Waals surface area contributed by atoms with E-state index in [1.807, 2.05) is 0 Å². The van der Waals surface area contributed by atoms with E-state index in [1.54, 1.807) is 0 Å². The summed E-state index contributed by atoms with van der Waals surface area (Å²) in [5.74, 6) is -1.49. The van der Waals surface area contributed by atoms with Gasteiger partial charge in [-0.2, -0.15) is 0 Å². The lowest BCUT2D eigenvalue weighted by Gasteiger charge is -2.33. The Balaban J connectivity index is 1.83. The number of thiophene rings is 1. The molecule has 0 aromatic carbocycles. The van der Waals surface area contributed by atoms with Gasteiger partial charge in [0.15, 0.2) is 0 Å². The first kappa shape index (κ1) is 17.3. The Morgan fingerprint density at radius 1 is 1.50 bits per heavy atom. The Morgan fingerprint density at radius 3 is 2.88 bits per heavy atom. The number of carboxylic acid groups (broad SMARTS) is 1. The van der Waals surface area contributed by atoms with Gasteiger partial charge >= 0.3 is 5.97 Å². The van der Waals surface area contributed by atoms with Crippen LogP contribution in [-0.4, -0.2) is 63.7 Å². The first-order chi connectivity index (χ1) is 11.3. The van der Waals surface area contributed by atoms with Crippen LogP contribution in [0.25, 0.3) is 0 Å². The van der Waals surface area contributed by atoms with E-state index in [0.29, 0.717) is 26.2 Å². The normalized spacial score (nSPS) is 27.0. The molecule has 0 bridgehead atoms. The number of amides is 1. The molecule has 0 aliphatic carbocycles. The fourth-order valence-electron chi connectivity index (χ4n) is 3.30. The van der Waals surface area contributed by atoms with E-state index in [2.05, 4.69) is 4.72 Å². The highest BCUT2D eigenvalue weighted by molar-refractivity contribution is 7.89. The third-order valence-corrected chi connectivity index (χ3v) is 7.25. The van der Waals surface area contributed by atoms with Crippen molar-refractivity contribution in [1.82, 2.24) is 9.62 Å². The van der Waals surface area contributed by atoms with Crippen LogP contribution in [0.15, 0.2) is 16.3 Å². The van der Waals surface area contributed by atoms with Crippen LogP contribution in [-0.2, 0) is 19.6 Å². The Labute approximate surface area is 143 Å². The molecule has 1 aromatic heterocycles. The molecule has 2 fully saturated rings. The molecule has 2 atom stereocenters. The SMILES string of the molecule is CNS(=O)(=O)c1csc(C(=O)N2C[C@H]3COCC[C@@]3(C(=O)O)C2)c1. The number of sulfonamides is 1. The molecule has 10 heteroatoms. The molecule has 2 aliphatic rings. The second kappa shape index (κ2) is 6.10. The Bertz CT molecular complexity index is 774. The number of hydrogen-bond donors (Lipinski definition) is 2. The molecule has 0 spiro atoms. The zero-order valence-electron chi connectivity index (χ0n) is 13.0. The monoisotopic (exact) mass is 374 g/mol. The minimum atomic E-state index is -3.61. The molecule has 0 unspecified atom stereocenters. The molecule has 3 heterocycles. The van der Waals surface area contributed by atoms with E-state index >= 15 is 0 Å². The topological polar surface area (TPSA) is 113 Å². The molecule has 132 valence electrons. The van der Waals surface area contributed by atoms with Crippen LogP contribution in [0.5, 0.6) is 0 Å². The quantitative estimate of drug-likeness (QED) is 0.779. The van der Waals surface area contributed by atoms with Crippen molar-refractivity contribution < 1.29 is 27.9 Å². The van der Waals surface area contributed by atoms with Crippen molar-refractivity contribution in [2.24, 2.45) is 11.3 Å². The highest BCUT2D eigenvalue weighted by atomic mass is 32.2. The Kier molecular flexibility index (Phi) is 4.41. The maximum absolute atomic E-state index is 12.7. The average Bonchev–Trinajstić information content (AvgIpc) is 3.19. The standard InChI is InChI=1S/C14H18N2O6S2/c1-15-24(20,21)10-4-11(23-7-10)12(17)16-5-9-6-22-3-2-14(9,8-16)13(18)19/h4,7,9,15H,2-3,5-6,8H2,1H3,(H,18,19)/t9-,14+/m0/s1. The number of carboxylic acids is 1. The van der Waals surface area contributed by atoms with Crippen molar-refractivity contribution in [3.05, 3.63) is 16.3 Å². The van der Waals surface area contributed by atoms with Crippen molar-refractivity contribution >= 4 is 33.2 Å². The van der Waals surface area contributed by atoms with Crippen LogP contribution < -0.4 is 4.72 Å².